The van der Waals surface area contributed by atoms with E-state index in [1.807, 2.05) is 36.1 Å². The Morgan fingerprint density at radius 1 is 1.19 bits per heavy atom. The first-order chi connectivity index (χ1) is 14.9. The van der Waals surface area contributed by atoms with Gasteiger partial charge in [-0.05, 0) is 37.0 Å². The van der Waals surface area contributed by atoms with Crippen LogP contribution in [0.2, 0.25) is 0 Å². The van der Waals surface area contributed by atoms with Crippen molar-refractivity contribution >= 4 is 17.7 Å². The van der Waals surface area contributed by atoms with Gasteiger partial charge in [-0.1, -0.05) is 19.1 Å². The topological polar surface area (TPSA) is 70.6 Å². The highest BCUT2D eigenvalue weighted by Gasteiger charge is 2.29. The van der Waals surface area contributed by atoms with Gasteiger partial charge in [-0.3, -0.25) is 4.79 Å². The molecule has 0 radical (unpaired) electrons. The minimum absolute atomic E-state index is 0.0387. The molecule has 0 spiro atoms. The molecule has 0 aliphatic carbocycles. The van der Waals surface area contributed by atoms with E-state index in [-0.39, 0.29) is 18.1 Å². The summed E-state index contributed by atoms with van der Waals surface area (Å²) in [6.45, 7) is 8.75. The Kier molecular flexibility index (Phi) is 6.25. The van der Waals surface area contributed by atoms with Crippen molar-refractivity contribution in [3.63, 3.8) is 0 Å². The van der Waals surface area contributed by atoms with E-state index >= 15 is 0 Å². The molecule has 2 saturated heterocycles. The zero-order chi connectivity index (χ0) is 22.0. The molecule has 3 atom stereocenters. The molecule has 2 aliphatic rings. The van der Waals surface area contributed by atoms with Crippen LogP contribution in [0.4, 0.5) is 16.2 Å². The van der Waals surface area contributed by atoms with Gasteiger partial charge in [0.05, 0.1) is 18.8 Å². The molecule has 7 nitrogen and oxygen atoms in total. The van der Waals surface area contributed by atoms with E-state index in [0.29, 0.717) is 30.8 Å². The van der Waals surface area contributed by atoms with Crippen LogP contribution < -0.4 is 19.9 Å². The summed E-state index contributed by atoms with van der Waals surface area (Å²) in [6, 6.07) is 7.68. The van der Waals surface area contributed by atoms with Crippen LogP contribution in [-0.4, -0.2) is 48.2 Å². The number of rotatable bonds is 6. The van der Waals surface area contributed by atoms with E-state index in [0.717, 1.165) is 37.2 Å². The lowest BCUT2D eigenvalue weighted by Gasteiger charge is -2.21. The smallest absolute Gasteiger partial charge is 0.227 e. The number of carbonyl (C=O) groups is 1. The first-order valence-electron chi connectivity index (χ1n) is 10.9. The molecule has 2 fully saturated rings. The van der Waals surface area contributed by atoms with Crippen LogP contribution in [0, 0.1) is 11.7 Å². The molecular weight excluding hydrogens is 397 g/mol. The standard InChI is InChI=1S/C23H30FN5O2/c1-15-8-10-29(13-15)23-25-12-21(24)22(27-23)28-11-9-20(14-28)31-19-6-4-18(5-7-19)16(2)26-17(3)30/h4-7,12,15-16,20H,8-11,13-14H2,1-3H3,(H,26,30)/t15?,16-,20+/m0/s1. The van der Waals surface area contributed by atoms with Crippen LogP contribution in [0.5, 0.6) is 5.75 Å². The van der Waals surface area contributed by atoms with E-state index in [4.69, 9.17) is 4.74 Å². The third-order valence-corrected chi connectivity index (χ3v) is 5.97. The number of hydrogen-bond donors (Lipinski definition) is 1. The van der Waals surface area contributed by atoms with E-state index < -0.39 is 5.82 Å². The third-order valence-electron chi connectivity index (χ3n) is 5.97. The Balaban J connectivity index is 1.38. The fourth-order valence-corrected chi connectivity index (χ4v) is 4.27. The quantitative estimate of drug-likeness (QED) is 0.763. The number of anilines is 2. The minimum Gasteiger partial charge on any atom is -0.489 e. The second kappa shape index (κ2) is 9.08. The molecule has 3 heterocycles. The zero-order valence-electron chi connectivity index (χ0n) is 18.3. The molecule has 0 saturated carbocycles. The lowest BCUT2D eigenvalue weighted by Crippen LogP contribution is -2.28. The lowest BCUT2D eigenvalue weighted by atomic mass is 10.1. The van der Waals surface area contributed by atoms with Crippen LogP contribution in [0.15, 0.2) is 30.5 Å². The zero-order valence-corrected chi connectivity index (χ0v) is 18.3. The van der Waals surface area contributed by atoms with Crippen LogP contribution in [0.3, 0.4) is 0 Å². The molecule has 1 N–H and O–H groups in total. The third kappa shape index (κ3) is 5.06. The number of benzene rings is 1. The van der Waals surface area contributed by atoms with Gasteiger partial charge in [0.15, 0.2) is 11.6 Å². The highest BCUT2D eigenvalue weighted by atomic mass is 19.1. The van der Waals surface area contributed by atoms with Crippen molar-refractivity contribution in [3.05, 3.63) is 41.8 Å². The van der Waals surface area contributed by atoms with Crippen molar-refractivity contribution < 1.29 is 13.9 Å². The van der Waals surface area contributed by atoms with Gasteiger partial charge in [-0.25, -0.2) is 9.37 Å². The first-order valence-corrected chi connectivity index (χ1v) is 10.9. The Hall–Kier alpha value is -2.90. The van der Waals surface area contributed by atoms with Crippen LogP contribution >= 0.6 is 0 Å². The molecule has 1 aromatic heterocycles. The number of nitrogens with one attached hydrogen (secondary N) is 1. The van der Waals surface area contributed by atoms with E-state index in [2.05, 4.69) is 27.1 Å². The number of nitrogens with zero attached hydrogens (tertiary/aromatic N) is 4. The number of ether oxygens (including phenoxy) is 1. The molecular formula is C23H30FN5O2. The van der Waals surface area contributed by atoms with Gasteiger partial charge in [-0.15, -0.1) is 0 Å². The molecule has 166 valence electrons. The number of aromatic nitrogens is 2. The molecule has 2 aliphatic heterocycles. The summed E-state index contributed by atoms with van der Waals surface area (Å²) in [5.41, 5.74) is 1.02. The maximum atomic E-state index is 14.5. The van der Waals surface area contributed by atoms with Gasteiger partial charge < -0.3 is 19.9 Å². The van der Waals surface area contributed by atoms with Crippen molar-refractivity contribution in [2.24, 2.45) is 5.92 Å². The summed E-state index contributed by atoms with van der Waals surface area (Å²) >= 11 is 0. The highest BCUT2D eigenvalue weighted by molar-refractivity contribution is 5.73. The van der Waals surface area contributed by atoms with Gasteiger partial charge >= 0.3 is 0 Å². The molecule has 4 rings (SSSR count). The Morgan fingerprint density at radius 2 is 1.94 bits per heavy atom. The maximum Gasteiger partial charge on any atom is 0.227 e. The van der Waals surface area contributed by atoms with Crippen molar-refractivity contribution in [1.82, 2.24) is 15.3 Å². The number of carbonyl (C=O) groups excluding carboxylic acids is 1. The SMILES string of the molecule is CC(=O)N[C@@H](C)c1ccc(O[C@@H]2CCN(c3nc(N4CCC(C)C4)ncc3F)C2)cc1. The highest BCUT2D eigenvalue weighted by Crippen LogP contribution is 2.28. The molecule has 1 amide bonds. The molecule has 2 aromatic rings. The summed E-state index contributed by atoms with van der Waals surface area (Å²) in [5, 5.41) is 2.87. The molecule has 1 aromatic carbocycles. The summed E-state index contributed by atoms with van der Waals surface area (Å²) in [7, 11) is 0. The van der Waals surface area contributed by atoms with Crippen LogP contribution in [-0.2, 0) is 4.79 Å². The first kappa shape index (κ1) is 21.3. The molecule has 31 heavy (non-hydrogen) atoms. The largest absolute Gasteiger partial charge is 0.489 e. The number of hydrogen-bond acceptors (Lipinski definition) is 6. The number of amides is 1. The Bertz CT molecular complexity index is 923. The monoisotopic (exact) mass is 427 g/mol. The Labute approximate surface area is 182 Å². The average molecular weight is 428 g/mol. The van der Waals surface area contributed by atoms with Crippen molar-refractivity contribution in [1.29, 1.82) is 0 Å². The second-order valence-electron chi connectivity index (χ2n) is 8.65. The van der Waals surface area contributed by atoms with E-state index in [1.54, 1.807) is 0 Å². The van der Waals surface area contributed by atoms with Crippen molar-refractivity contribution in [3.8, 4) is 5.75 Å². The second-order valence-corrected chi connectivity index (χ2v) is 8.65. The van der Waals surface area contributed by atoms with Gasteiger partial charge in [-0.2, -0.15) is 4.98 Å². The van der Waals surface area contributed by atoms with Crippen molar-refractivity contribution in [2.75, 3.05) is 36.0 Å². The molecule has 1 unspecified atom stereocenters. The molecule has 0 bridgehead atoms. The predicted octanol–water partition coefficient (Wildman–Crippen LogP) is 3.32. The normalized spacial score (nSPS) is 21.9. The fourth-order valence-electron chi connectivity index (χ4n) is 4.27. The average Bonchev–Trinajstić information content (AvgIpc) is 3.37. The van der Waals surface area contributed by atoms with Gasteiger partial charge in [0, 0.05) is 33.0 Å². The van der Waals surface area contributed by atoms with Crippen LogP contribution in [0.1, 0.15) is 45.2 Å². The van der Waals surface area contributed by atoms with E-state index in [9.17, 15) is 9.18 Å². The lowest BCUT2D eigenvalue weighted by molar-refractivity contribution is -0.119. The summed E-state index contributed by atoms with van der Waals surface area (Å²) in [5.74, 6) is 1.88. The van der Waals surface area contributed by atoms with Gasteiger partial charge in [0.2, 0.25) is 11.9 Å². The van der Waals surface area contributed by atoms with Gasteiger partial charge in [0.25, 0.3) is 0 Å². The minimum atomic E-state index is -0.395. The summed E-state index contributed by atoms with van der Waals surface area (Å²) in [4.78, 5) is 24.0. The van der Waals surface area contributed by atoms with E-state index in [1.165, 1.54) is 13.1 Å². The summed E-state index contributed by atoms with van der Waals surface area (Å²) < 4.78 is 20.6. The van der Waals surface area contributed by atoms with Gasteiger partial charge in [0.1, 0.15) is 11.9 Å². The van der Waals surface area contributed by atoms with Crippen molar-refractivity contribution in [2.45, 2.75) is 45.8 Å². The summed E-state index contributed by atoms with van der Waals surface area (Å²) in [6.07, 6.45) is 3.15. The Morgan fingerprint density at radius 3 is 2.61 bits per heavy atom. The number of halogens is 1. The maximum absolute atomic E-state index is 14.5. The van der Waals surface area contributed by atoms with Crippen LogP contribution in [0.25, 0.3) is 0 Å². The fraction of sp³-hybridized carbons (Fsp3) is 0.522. The molecule has 8 heteroatoms. The predicted molar refractivity (Wildman–Crippen MR) is 118 cm³/mol.